The molecule has 0 aliphatic carbocycles. The lowest BCUT2D eigenvalue weighted by atomic mass is 9.97. The molecule has 0 radical (unpaired) electrons. The Morgan fingerprint density at radius 1 is 1.06 bits per heavy atom. The van der Waals surface area contributed by atoms with Gasteiger partial charge in [0.15, 0.2) is 6.10 Å². The van der Waals surface area contributed by atoms with Gasteiger partial charge in [-0.3, -0.25) is 14.4 Å². The van der Waals surface area contributed by atoms with Crippen molar-refractivity contribution in [3.8, 4) is 5.75 Å². The largest absolute Gasteiger partial charge is 0.497 e. The number of hydrogen-bond donors (Lipinski definition) is 3. The van der Waals surface area contributed by atoms with E-state index in [9.17, 15) is 32.7 Å². The van der Waals surface area contributed by atoms with Crippen molar-refractivity contribution in [2.24, 2.45) is 11.8 Å². The molecule has 3 N–H and O–H groups in total. The van der Waals surface area contributed by atoms with Crippen LogP contribution in [0.15, 0.2) is 24.3 Å². The van der Waals surface area contributed by atoms with Crippen molar-refractivity contribution in [3.05, 3.63) is 29.8 Å². The van der Waals surface area contributed by atoms with Crippen LogP contribution in [0.4, 0.5) is 13.2 Å². The van der Waals surface area contributed by atoms with E-state index in [1.54, 1.807) is 38.1 Å². The maximum atomic E-state index is 13.4. The second kappa shape index (κ2) is 11.7. The molecule has 0 bridgehead atoms. The lowest BCUT2D eigenvalue weighted by molar-refractivity contribution is -0.215. The Kier molecular flexibility index (Phi) is 9.53. The summed E-state index contributed by atoms with van der Waals surface area (Å²) in [5, 5.41) is 14.7. The highest BCUT2D eigenvalue weighted by atomic mass is 19.4. The number of alkyl halides is 3. The van der Waals surface area contributed by atoms with Crippen molar-refractivity contribution in [1.82, 2.24) is 15.5 Å². The average molecular weight is 502 g/mol. The number of benzene rings is 1. The molecule has 1 saturated heterocycles. The summed E-state index contributed by atoms with van der Waals surface area (Å²) in [6.45, 7) is 6.64. The van der Waals surface area contributed by atoms with Crippen LogP contribution in [0.1, 0.15) is 50.9 Å². The number of amides is 3. The fraction of sp³-hybridized carbons (Fsp3) is 0.625. The lowest BCUT2D eigenvalue weighted by Gasteiger charge is -2.33. The Labute approximate surface area is 203 Å². The maximum absolute atomic E-state index is 13.4. The van der Waals surface area contributed by atoms with Gasteiger partial charge in [-0.2, -0.15) is 13.2 Å². The van der Waals surface area contributed by atoms with Crippen molar-refractivity contribution in [2.45, 2.75) is 70.9 Å². The highest BCUT2D eigenvalue weighted by Crippen LogP contribution is 2.27. The summed E-state index contributed by atoms with van der Waals surface area (Å²) in [5.74, 6) is -2.18. The summed E-state index contributed by atoms with van der Waals surface area (Å²) in [6.07, 6.45) is -6.89. The monoisotopic (exact) mass is 501 g/mol. The first-order valence-electron chi connectivity index (χ1n) is 11.6. The molecular weight excluding hydrogens is 467 g/mol. The van der Waals surface area contributed by atoms with Gasteiger partial charge in [-0.1, -0.05) is 27.7 Å². The average Bonchev–Trinajstić information content (AvgIpc) is 3.29. The van der Waals surface area contributed by atoms with E-state index < -0.39 is 54.0 Å². The number of likely N-dealkylation sites (tertiary alicyclic amines) is 1. The molecular formula is C24H34F3N3O5. The van der Waals surface area contributed by atoms with Gasteiger partial charge in [0, 0.05) is 12.1 Å². The van der Waals surface area contributed by atoms with Crippen molar-refractivity contribution in [2.75, 3.05) is 13.7 Å². The SMILES string of the molecule is COc1ccc(C(=O)N[C@H](C(=O)N2CCC[C@H]2C(=O)N[C@@H](C(C)C)[C@@H](O)C(F)(F)F)C(C)C)cc1. The number of nitrogens with zero attached hydrogens (tertiary/aromatic N) is 1. The first kappa shape index (κ1) is 28.4. The number of halogens is 3. The summed E-state index contributed by atoms with van der Waals surface area (Å²) >= 11 is 0. The first-order chi connectivity index (χ1) is 16.3. The molecule has 1 aromatic carbocycles. The van der Waals surface area contributed by atoms with Crippen LogP contribution < -0.4 is 15.4 Å². The van der Waals surface area contributed by atoms with Crippen molar-refractivity contribution >= 4 is 17.7 Å². The highest BCUT2D eigenvalue weighted by molar-refractivity contribution is 5.98. The van der Waals surface area contributed by atoms with Crippen molar-refractivity contribution < 1.29 is 37.4 Å². The molecule has 2 rings (SSSR count). The number of aliphatic hydroxyl groups is 1. The minimum absolute atomic E-state index is 0.229. The van der Waals surface area contributed by atoms with Crippen LogP contribution in [-0.4, -0.2) is 71.8 Å². The maximum Gasteiger partial charge on any atom is 0.416 e. The second-order valence-corrected chi connectivity index (χ2v) is 9.38. The van der Waals surface area contributed by atoms with Crippen molar-refractivity contribution in [1.29, 1.82) is 0 Å². The molecule has 11 heteroatoms. The van der Waals surface area contributed by atoms with Gasteiger partial charge in [0.2, 0.25) is 11.8 Å². The molecule has 1 heterocycles. The Morgan fingerprint density at radius 2 is 1.66 bits per heavy atom. The predicted molar refractivity (Wildman–Crippen MR) is 123 cm³/mol. The summed E-state index contributed by atoms with van der Waals surface area (Å²) in [6, 6.07) is 2.84. The van der Waals surface area contributed by atoms with Crippen LogP contribution in [-0.2, 0) is 9.59 Å². The molecule has 3 amide bonds. The van der Waals surface area contributed by atoms with E-state index >= 15 is 0 Å². The molecule has 0 spiro atoms. The Balaban J connectivity index is 2.16. The van der Waals surface area contributed by atoms with Gasteiger partial charge in [0.05, 0.1) is 13.2 Å². The lowest BCUT2D eigenvalue weighted by Crippen LogP contribution is -2.59. The molecule has 1 fully saturated rings. The highest BCUT2D eigenvalue weighted by Gasteiger charge is 2.46. The number of carbonyl (C=O) groups excluding carboxylic acids is 3. The van der Waals surface area contributed by atoms with Gasteiger partial charge in [0.1, 0.15) is 17.8 Å². The van der Waals surface area contributed by atoms with Gasteiger partial charge in [-0.15, -0.1) is 0 Å². The smallest absolute Gasteiger partial charge is 0.416 e. The zero-order valence-corrected chi connectivity index (χ0v) is 20.6. The number of ether oxygens (including phenoxy) is 1. The van der Waals surface area contributed by atoms with Crippen LogP contribution in [0.5, 0.6) is 5.75 Å². The van der Waals surface area contributed by atoms with Gasteiger partial charge in [-0.25, -0.2) is 0 Å². The fourth-order valence-electron chi connectivity index (χ4n) is 4.04. The number of carbonyl (C=O) groups is 3. The van der Waals surface area contributed by atoms with Crippen molar-refractivity contribution in [3.63, 3.8) is 0 Å². The van der Waals surface area contributed by atoms with Crippen LogP contribution in [0.3, 0.4) is 0 Å². The fourth-order valence-corrected chi connectivity index (χ4v) is 4.04. The molecule has 0 unspecified atom stereocenters. The Bertz CT molecular complexity index is 889. The third-order valence-corrected chi connectivity index (χ3v) is 6.11. The second-order valence-electron chi connectivity index (χ2n) is 9.38. The standard InChI is InChI=1S/C24H34F3N3O5/c1-13(2)18(20(31)24(25,26)27)28-22(33)17-7-6-12-30(17)23(34)19(14(3)4)29-21(32)15-8-10-16(35-5)11-9-15/h8-11,13-14,17-20,31H,6-7,12H2,1-5H3,(H,28,33)(H,29,32)/t17-,18-,19-,20+/m0/s1. The van der Waals surface area contributed by atoms with E-state index in [1.807, 2.05) is 0 Å². The van der Waals surface area contributed by atoms with E-state index in [4.69, 9.17) is 4.74 Å². The van der Waals surface area contributed by atoms with E-state index in [0.717, 1.165) is 0 Å². The van der Waals surface area contributed by atoms with Gasteiger partial charge in [-0.05, 0) is 48.9 Å². The summed E-state index contributed by atoms with van der Waals surface area (Å²) in [7, 11) is 1.50. The summed E-state index contributed by atoms with van der Waals surface area (Å²) in [4.78, 5) is 40.3. The zero-order valence-electron chi connectivity index (χ0n) is 20.6. The summed E-state index contributed by atoms with van der Waals surface area (Å²) in [5.41, 5.74) is 0.320. The van der Waals surface area contributed by atoms with E-state index in [1.165, 1.54) is 25.9 Å². The van der Waals surface area contributed by atoms with Gasteiger partial charge in [0.25, 0.3) is 5.91 Å². The number of methoxy groups -OCH3 is 1. The summed E-state index contributed by atoms with van der Waals surface area (Å²) < 4.78 is 44.3. The van der Waals surface area contributed by atoms with Crippen LogP contribution in [0.2, 0.25) is 0 Å². The van der Waals surface area contributed by atoms with Crippen LogP contribution in [0, 0.1) is 11.8 Å². The van der Waals surface area contributed by atoms with Crippen LogP contribution >= 0.6 is 0 Å². The molecule has 1 aromatic rings. The molecule has 1 aliphatic heterocycles. The zero-order chi connectivity index (χ0) is 26.5. The van der Waals surface area contributed by atoms with Gasteiger partial charge >= 0.3 is 6.18 Å². The van der Waals surface area contributed by atoms with E-state index in [0.29, 0.717) is 17.7 Å². The molecule has 0 saturated carbocycles. The molecule has 196 valence electrons. The minimum atomic E-state index is -4.90. The van der Waals surface area contributed by atoms with E-state index in [-0.39, 0.29) is 18.9 Å². The van der Waals surface area contributed by atoms with E-state index in [2.05, 4.69) is 10.6 Å². The number of aliphatic hydroxyl groups excluding tert-OH is 1. The molecule has 4 atom stereocenters. The Hall–Kier alpha value is -2.82. The minimum Gasteiger partial charge on any atom is -0.497 e. The third kappa shape index (κ3) is 7.09. The topological polar surface area (TPSA) is 108 Å². The first-order valence-corrected chi connectivity index (χ1v) is 11.6. The number of rotatable bonds is 9. The molecule has 0 aromatic heterocycles. The third-order valence-electron chi connectivity index (χ3n) is 6.11. The molecule has 35 heavy (non-hydrogen) atoms. The number of nitrogens with one attached hydrogen (secondary N) is 2. The quantitative estimate of drug-likeness (QED) is 0.482. The van der Waals surface area contributed by atoms with Crippen LogP contribution in [0.25, 0.3) is 0 Å². The van der Waals surface area contributed by atoms with Gasteiger partial charge < -0.3 is 25.4 Å². The normalized spacial score (nSPS) is 18.8. The Morgan fingerprint density at radius 3 is 2.14 bits per heavy atom. The number of hydrogen-bond acceptors (Lipinski definition) is 5. The molecule has 1 aliphatic rings. The molecule has 8 nitrogen and oxygen atoms in total. The predicted octanol–water partition coefficient (Wildman–Crippen LogP) is 2.50.